The Balaban J connectivity index is 1.44. The number of hydrogen-bond acceptors (Lipinski definition) is 10. The number of carbonyl (C=O) groups excluding carboxylic acids is 6. The standard InChI is InChI=1S/C25H29N3O10S/c1-24(2,3)22(33)27-39(35,36)17-6-4-5-16(15-17)21(32)37-13-14-38-23(34)25(10-11-25)26-18(29)9-12-28-19(30)7-8-20(28)31/h4-8,15H,9-14H2,1-3H3,(H,26,29)(H,27,33). The van der Waals surface area contributed by atoms with Crippen LogP contribution in [0.5, 0.6) is 0 Å². The fourth-order valence-corrected chi connectivity index (χ4v) is 4.52. The van der Waals surface area contributed by atoms with Crippen molar-refractivity contribution >= 4 is 45.6 Å². The van der Waals surface area contributed by atoms with Crippen LogP contribution in [0.3, 0.4) is 0 Å². The minimum absolute atomic E-state index is 0.0940. The molecule has 1 saturated carbocycles. The van der Waals surface area contributed by atoms with Crippen molar-refractivity contribution in [1.82, 2.24) is 14.9 Å². The second-order valence-electron chi connectivity index (χ2n) is 10.0. The molecule has 0 unspecified atom stereocenters. The molecule has 1 aliphatic carbocycles. The van der Waals surface area contributed by atoms with Crippen LogP contribution in [0.15, 0.2) is 41.3 Å². The van der Waals surface area contributed by atoms with Gasteiger partial charge < -0.3 is 14.8 Å². The van der Waals surface area contributed by atoms with Gasteiger partial charge in [0, 0.05) is 30.5 Å². The molecule has 39 heavy (non-hydrogen) atoms. The Morgan fingerprint density at radius 2 is 1.62 bits per heavy atom. The zero-order valence-electron chi connectivity index (χ0n) is 21.6. The van der Waals surface area contributed by atoms with Gasteiger partial charge in [-0.2, -0.15) is 0 Å². The number of nitrogens with one attached hydrogen (secondary N) is 2. The minimum atomic E-state index is -4.22. The maximum absolute atomic E-state index is 12.5. The fraction of sp³-hybridized carbons (Fsp3) is 0.440. The van der Waals surface area contributed by atoms with Gasteiger partial charge in [-0.05, 0) is 31.0 Å². The number of ether oxygens (including phenoxy) is 2. The number of rotatable bonds is 11. The number of hydrogen-bond donors (Lipinski definition) is 2. The third-order valence-corrected chi connectivity index (χ3v) is 7.15. The van der Waals surface area contributed by atoms with Crippen LogP contribution >= 0.6 is 0 Å². The average Bonchev–Trinajstić information content (AvgIpc) is 3.57. The topological polar surface area (TPSA) is 182 Å². The van der Waals surface area contributed by atoms with E-state index in [9.17, 15) is 37.2 Å². The molecule has 1 aromatic carbocycles. The molecule has 0 atom stereocenters. The van der Waals surface area contributed by atoms with Gasteiger partial charge in [0.1, 0.15) is 18.8 Å². The molecule has 210 valence electrons. The monoisotopic (exact) mass is 563 g/mol. The van der Waals surface area contributed by atoms with Crippen LogP contribution in [0.4, 0.5) is 0 Å². The van der Waals surface area contributed by atoms with Gasteiger partial charge in [0.2, 0.25) is 11.8 Å². The van der Waals surface area contributed by atoms with Gasteiger partial charge in [0.25, 0.3) is 21.8 Å². The Hall–Kier alpha value is -4.07. The van der Waals surface area contributed by atoms with Crippen LogP contribution in [0.25, 0.3) is 0 Å². The largest absolute Gasteiger partial charge is 0.460 e. The second kappa shape index (κ2) is 11.4. The quantitative estimate of drug-likeness (QED) is 0.214. The Kier molecular flexibility index (Phi) is 8.58. The lowest BCUT2D eigenvalue weighted by atomic mass is 9.96. The Morgan fingerprint density at radius 3 is 2.21 bits per heavy atom. The molecule has 14 heteroatoms. The third-order valence-electron chi connectivity index (χ3n) is 5.82. The number of carbonyl (C=O) groups is 6. The van der Waals surface area contributed by atoms with Gasteiger partial charge in [-0.3, -0.25) is 24.1 Å². The molecular weight excluding hydrogens is 534 g/mol. The maximum Gasteiger partial charge on any atom is 0.338 e. The zero-order valence-corrected chi connectivity index (χ0v) is 22.5. The fourth-order valence-electron chi connectivity index (χ4n) is 3.31. The summed E-state index contributed by atoms with van der Waals surface area (Å²) in [6, 6.07) is 4.92. The first-order valence-corrected chi connectivity index (χ1v) is 13.5. The molecule has 1 aromatic rings. The summed E-state index contributed by atoms with van der Waals surface area (Å²) in [6.07, 6.45) is 2.72. The lowest BCUT2D eigenvalue weighted by Gasteiger charge is -2.18. The Bertz CT molecular complexity index is 1320. The van der Waals surface area contributed by atoms with Crippen LogP contribution in [-0.2, 0) is 43.5 Å². The van der Waals surface area contributed by atoms with Crippen LogP contribution < -0.4 is 10.0 Å². The smallest absolute Gasteiger partial charge is 0.338 e. The highest BCUT2D eigenvalue weighted by Crippen LogP contribution is 2.36. The number of nitrogens with zero attached hydrogens (tertiary/aromatic N) is 1. The van der Waals surface area contributed by atoms with Crippen molar-refractivity contribution in [2.24, 2.45) is 5.41 Å². The summed E-state index contributed by atoms with van der Waals surface area (Å²) >= 11 is 0. The predicted molar refractivity (Wildman–Crippen MR) is 133 cm³/mol. The summed E-state index contributed by atoms with van der Waals surface area (Å²) in [5, 5.41) is 2.56. The number of esters is 2. The molecule has 2 aliphatic rings. The molecule has 2 N–H and O–H groups in total. The molecular formula is C25H29N3O10S. The lowest BCUT2D eigenvalue weighted by molar-refractivity contribution is -0.150. The lowest BCUT2D eigenvalue weighted by Crippen LogP contribution is -2.45. The minimum Gasteiger partial charge on any atom is -0.460 e. The molecule has 1 heterocycles. The van der Waals surface area contributed by atoms with E-state index in [2.05, 4.69) is 5.32 Å². The van der Waals surface area contributed by atoms with E-state index in [0.29, 0.717) is 12.8 Å². The Morgan fingerprint density at radius 1 is 1.00 bits per heavy atom. The van der Waals surface area contributed by atoms with Gasteiger partial charge in [-0.15, -0.1) is 0 Å². The summed E-state index contributed by atoms with van der Waals surface area (Å²) in [5.74, 6) is -3.86. The zero-order chi connectivity index (χ0) is 29.0. The maximum atomic E-state index is 12.5. The van der Waals surface area contributed by atoms with Crippen molar-refractivity contribution in [3.05, 3.63) is 42.0 Å². The van der Waals surface area contributed by atoms with E-state index in [-0.39, 0.29) is 36.6 Å². The molecule has 1 fully saturated rings. The molecule has 0 saturated heterocycles. The van der Waals surface area contributed by atoms with Gasteiger partial charge in [-0.25, -0.2) is 22.7 Å². The number of imide groups is 1. The summed E-state index contributed by atoms with van der Waals surface area (Å²) in [5.41, 5.74) is -2.25. The van der Waals surface area contributed by atoms with E-state index >= 15 is 0 Å². The number of benzene rings is 1. The summed E-state index contributed by atoms with van der Waals surface area (Å²) in [7, 11) is -4.22. The first-order valence-electron chi connectivity index (χ1n) is 12.0. The SMILES string of the molecule is CC(C)(C)C(=O)NS(=O)(=O)c1cccc(C(=O)OCCOC(=O)C2(NC(=O)CCN3C(=O)C=CC3=O)CC2)c1. The molecule has 13 nitrogen and oxygen atoms in total. The highest BCUT2D eigenvalue weighted by atomic mass is 32.2. The van der Waals surface area contributed by atoms with E-state index < -0.39 is 56.5 Å². The van der Waals surface area contributed by atoms with Crippen molar-refractivity contribution in [2.75, 3.05) is 19.8 Å². The van der Waals surface area contributed by atoms with Crippen molar-refractivity contribution < 1.29 is 46.7 Å². The van der Waals surface area contributed by atoms with E-state index in [1.54, 1.807) is 20.8 Å². The molecule has 0 aromatic heterocycles. The summed E-state index contributed by atoms with van der Waals surface area (Å²) in [4.78, 5) is 72.8. The predicted octanol–water partition coefficient (Wildman–Crippen LogP) is 0.202. The van der Waals surface area contributed by atoms with Gasteiger partial charge in [0.05, 0.1) is 10.5 Å². The van der Waals surface area contributed by atoms with E-state index in [0.717, 1.165) is 23.1 Å². The summed E-state index contributed by atoms with van der Waals surface area (Å²) in [6.45, 7) is 3.89. The van der Waals surface area contributed by atoms with Crippen molar-refractivity contribution in [1.29, 1.82) is 0 Å². The average molecular weight is 564 g/mol. The van der Waals surface area contributed by atoms with Crippen molar-refractivity contribution in [2.45, 2.75) is 50.5 Å². The highest BCUT2D eigenvalue weighted by Gasteiger charge is 2.52. The first-order chi connectivity index (χ1) is 18.1. The number of amides is 4. The Labute approximate surface area is 224 Å². The van der Waals surface area contributed by atoms with Crippen LogP contribution in [-0.4, -0.2) is 74.2 Å². The van der Waals surface area contributed by atoms with Crippen LogP contribution in [0.1, 0.15) is 50.4 Å². The van der Waals surface area contributed by atoms with E-state index in [1.165, 1.54) is 18.2 Å². The van der Waals surface area contributed by atoms with Crippen LogP contribution in [0.2, 0.25) is 0 Å². The van der Waals surface area contributed by atoms with Crippen LogP contribution in [0, 0.1) is 5.41 Å². The third kappa shape index (κ3) is 7.50. The molecule has 0 bridgehead atoms. The molecule has 0 spiro atoms. The highest BCUT2D eigenvalue weighted by molar-refractivity contribution is 7.90. The molecule has 0 radical (unpaired) electrons. The molecule has 4 amide bonds. The normalized spacial score (nSPS) is 16.0. The first kappa shape index (κ1) is 29.5. The molecule has 3 rings (SSSR count). The molecule has 1 aliphatic heterocycles. The van der Waals surface area contributed by atoms with Gasteiger partial charge in [-0.1, -0.05) is 26.8 Å². The van der Waals surface area contributed by atoms with Crippen molar-refractivity contribution in [3.8, 4) is 0 Å². The van der Waals surface area contributed by atoms with Crippen molar-refractivity contribution in [3.63, 3.8) is 0 Å². The number of sulfonamides is 1. The summed E-state index contributed by atoms with van der Waals surface area (Å²) < 4.78 is 37.1. The van der Waals surface area contributed by atoms with E-state index in [4.69, 9.17) is 9.47 Å². The van der Waals surface area contributed by atoms with Gasteiger partial charge in [0.15, 0.2) is 0 Å². The van der Waals surface area contributed by atoms with Gasteiger partial charge >= 0.3 is 11.9 Å². The second-order valence-corrected chi connectivity index (χ2v) is 11.7. The van der Waals surface area contributed by atoms with E-state index in [1.807, 2.05) is 4.72 Å².